The molecule has 2 N–H and O–H groups in total. The first kappa shape index (κ1) is 13.8. The largest absolute Gasteiger partial charge is 0.344 e. The predicted molar refractivity (Wildman–Crippen MR) is 63.4 cm³/mol. The van der Waals surface area contributed by atoms with E-state index in [9.17, 15) is 4.79 Å². The van der Waals surface area contributed by atoms with Crippen LogP contribution in [-0.2, 0) is 4.79 Å². The third-order valence-corrected chi connectivity index (χ3v) is 3.14. The zero-order chi connectivity index (χ0) is 11.1. The lowest BCUT2D eigenvalue weighted by molar-refractivity contribution is -0.132. The molecular formula is C10H22N2OS. The molecule has 0 heterocycles. The molecule has 0 aliphatic rings. The van der Waals surface area contributed by atoms with E-state index in [0.717, 1.165) is 18.7 Å². The quantitative estimate of drug-likeness (QED) is 0.728. The number of nitrogens with two attached hydrogens (primary N) is 1. The lowest BCUT2D eigenvalue weighted by Crippen LogP contribution is -2.46. The molecule has 4 heteroatoms. The summed E-state index contributed by atoms with van der Waals surface area (Å²) in [5.74, 6) is 1.29. The molecule has 0 aliphatic heterocycles. The fourth-order valence-corrected chi connectivity index (χ4v) is 1.55. The number of rotatable bonds is 6. The van der Waals surface area contributed by atoms with Gasteiger partial charge in [0.2, 0.25) is 5.91 Å². The van der Waals surface area contributed by atoms with E-state index in [1.54, 1.807) is 16.7 Å². The molecule has 0 bridgehead atoms. The number of carbonyl (C=O) groups is 1. The highest BCUT2D eigenvalue weighted by Crippen LogP contribution is 2.08. The van der Waals surface area contributed by atoms with Crippen LogP contribution in [0.25, 0.3) is 0 Å². The molecule has 0 spiro atoms. The summed E-state index contributed by atoms with van der Waals surface area (Å²) in [4.78, 5) is 13.5. The van der Waals surface area contributed by atoms with Crippen LogP contribution in [0.5, 0.6) is 0 Å². The molecule has 0 radical (unpaired) electrons. The Morgan fingerprint density at radius 2 is 2.14 bits per heavy atom. The number of hydrogen-bond donors (Lipinski definition) is 1. The number of likely N-dealkylation sites (N-methyl/N-ethyl adjacent to an activating group) is 1. The maximum absolute atomic E-state index is 11.7. The summed E-state index contributed by atoms with van der Waals surface area (Å²) in [5, 5.41) is 0. The maximum Gasteiger partial charge on any atom is 0.239 e. The van der Waals surface area contributed by atoms with Gasteiger partial charge in [0.1, 0.15) is 0 Å². The lowest BCUT2D eigenvalue weighted by Gasteiger charge is -2.24. The van der Waals surface area contributed by atoms with E-state index in [1.165, 1.54) is 0 Å². The average molecular weight is 218 g/mol. The van der Waals surface area contributed by atoms with Crippen LogP contribution in [0.15, 0.2) is 0 Å². The molecule has 0 aromatic carbocycles. The van der Waals surface area contributed by atoms with Crippen molar-refractivity contribution in [3.63, 3.8) is 0 Å². The van der Waals surface area contributed by atoms with E-state index in [4.69, 9.17) is 5.73 Å². The molecule has 0 aliphatic carbocycles. The lowest BCUT2D eigenvalue weighted by atomic mass is 9.99. The third-order valence-electron chi connectivity index (χ3n) is 2.55. The van der Waals surface area contributed by atoms with Gasteiger partial charge in [0, 0.05) is 19.3 Å². The smallest absolute Gasteiger partial charge is 0.239 e. The van der Waals surface area contributed by atoms with Crippen LogP contribution in [0.2, 0.25) is 0 Å². The highest BCUT2D eigenvalue weighted by Gasteiger charge is 2.22. The monoisotopic (exact) mass is 218 g/mol. The zero-order valence-electron chi connectivity index (χ0n) is 9.62. The predicted octanol–water partition coefficient (Wildman–Crippen LogP) is 1.18. The van der Waals surface area contributed by atoms with Crippen molar-refractivity contribution in [2.45, 2.75) is 26.3 Å². The molecule has 1 amide bonds. The van der Waals surface area contributed by atoms with Crippen molar-refractivity contribution in [2.75, 3.05) is 25.6 Å². The number of hydrogen-bond acceptors (Lipinski definition) is 3. The van der Waals surface area contributed by atoms with Crippen molar-refractivity contribution in [3.05, 3.63) is 0 Å². The van der Waals surface area contributed by atoms with Gasteiger partial charge in [0.15, 0.2) is 0 Å². The van der Waals surface area contributed by atoms with Gasteiger partial charge in [-0.3, -0.25) is 4.79 Å². The van der Waals surface area contributed by atoms with Gasteiger partial charge in [-0.25, -0.2) is 0 Å². The molecule has 0 rings (SSSR count). The zero-order valence-corrected chi connectivity index (χ0v) is 10.4. The van der Waals surface area contributed by atoms with Gasteiger partial charge in [-0.05, 0) is 12.2 Å². The van der Waals surface area contributed by atoms with Crippen molar-refractivity contribution in [1.82, 2.24) is 4.90 Å². The fraction of sp³-hybridized carbons (Fsp3) is 0.900. The Morgan fingerprint density at radius 3 is 2.57 bits per heavy atom. The van der Waals surface area contributed by atoms with Crippen molar-refractivity contribution in [2.24, 2.45) is 11.7 Å². The SMILES string of the molecule is CCC(C)C(N)C(=O)N(C)CCSC. The molecule has 14 heavy (non-hydrogen) atoms. The summed E-state index contributed by atoms with van der Waals surface area (Å²) in [6.45, 7) is 4.86. The Bertz CT molecular complexity index is 176. The molecule has 2 atom stereocenters. The van der Waals surface area contributed by atoms with E-state index in [0.29, 0.717) is 0 Å². The van der Waals surface area contributed by atoms with Gasteiger partial charge >= 0.3 is 0 Å². The Labute approximate surface area is 91.4 Å². The van der Waals surface area contributed by atoms with Gasteiger partial charge in [-0.2, -0.15) is 11.8 Å². The molecule has 0 aromatic rings. The van der Waals surface area contributed by atoms with Gasteiger partial charge in [0.05, 0.1) is 6.04 Å². The molecule has 0 saturated carbocycles. The molecule has 84 valence electrons. The second kappa shape index (κ2) is 7.12. The van der Waals surface area contributed by atoms with Crippen molar-refractivity contribution >= 4 is 17.7 Å². The first-order chi connectivity index (χ1) is 6.54. The van der Waals surface area contributed by atoms with Crippen LogP contribution in [-0.4, -0.2) is 42.4 Å². The highest BCUT2D eigenvalue weighted by atomic mass is 32.2. The van der Waals surface area contributed by atoms with Crippen molar-refractivity contribution in [3.8, 4) is 0 Å². The van der Waals surface area contributed by atoms with E-state index in [1.807, 2.05) is 20.2 Å². The molecular weight excluding hydrogens is 196 g/mol. The normalized spacial score (nSPS) is 14.9. The van der Waals surface area contributed by atoms with Crippen LogP contribution in [0.1, 0.15) is 20.3 Å². The number of carbonyl (C=O) groups excluding carboxylic acids is 1. The molecule has 3 nitrogen and oxygen atoms in total. The second-order valence-electron chi connectivity index (χ2n) is 3.66. The first-order valence-electron chi connectivity index (χ1n) is 5.04. The molecule has 0 aromatic heterocycles. The van der Waals surface area contributed by atoms with E-state index < -0.39 is 0 Å². The summed E-state index contributed by atoms with van der Waals surface area (Å²) in [6, 6.07) is -0.341. The summed E-state index contributed by atoms with van der Waals surface area (Å²) >= 11 is 1.74. The standard InChI is InChI=1S/C10H22N2OS/c1-5-8(2)9(11)10(13)12(3)6-7-14-4/h8-9H,5-7,11H2,1-4H3. The summed E-state index contributed by atoms with van der Waals surface area (Å²) in [6.07, 6.45) is 2.98. The van der Waals surface area contributed by atoms with Gasteiger partial charge in [0.25, 0.3) is 0 Å². The topological polar surface area (TPSA) is 46.3 Å². The first-order valence-corrected chi connectivity index (χ1v) is 6.43. The summed E-state index contributed by atoms with van der Waals surface area (Å²) in [5.41, 5.74) is 5.85. The Balaban J connectivity index is 4.03. The fourth-order valence-electron chi connectivity index (χ4n) is 1.09. The van der Waals surface area contributed by atoms with Gasteiger partial charge in [-0.1, -0.05) is 20.3 Å². The van der Waals surface area contributed by atoms with Crippen LogP contribution < -0.4 is 5.73 Å². The molecule has 0 saturated heterocycles. The molecule has 0 fully saturated rings. The summed E-state index contributed by atoms with van der Waals surface area (Å²) in [7, 11) is 1.82. The van der Waals surface area contributed by atoms with E-state index in [-0.39, 0.29) is 17.9 Å². The Morgan fingerprint density at radius 1 is 1.57 bits per heavy atom. The van der Waals surface area contributed by atoms with E-state index >= 15 is 0 Å². The average Bonchev–Trinajstić information content (AvgIpc) is 2.22. The van der Waals surface area contributed by atoms with Crippen LogP contribution in [0.4, 0.5) is 0 Å². The number of thioether (sulfide) groups is 1. The van der Waals surface area contributed by atoms with Crippen LogP contribution >= 0.6 is 11.8 Å². The summed E-state index contributed by atoms with van der Waals surface area (Å²) < 4.78 is 0. The minimum absolute atomic E-state index is 0.0633. The van der Waals surface area contributed by atoms with Crippen molar-refractivity contribution < 1.29 is 4.79 Å². The second-order valence-corrected chi connectivity index (χ2v) is 4.65. The minimum atomic E-state index is -0.341. The Kier molecular flexibility index (Phi) is 7.01. The van der Waals surface area contributed by atoms with Crippen LogP contribution in [0.3, 0.4) is 0 Å². The number of nitrogens with zero attached hydrogens (tertiary/aromatic N) is 1. The van der Waals surface area contributed by atoms with E-state index in [2.05, 4.69) is 6.92 Å². The van der Waals surface area contributed by atoms with Crippen LogP contribution in [0, 0.1) is 5.92 Å². The van der Waals surface area contributed by atoms with Gasteiger partial charge < -0.3 is 10.6 Å². The Hall–Kier alpha value is -0.220. The number of amides is 1. The maximum atomic E-state index is 11.7. The van der Waals surface area contributed by atoms with Gasteiger partial charge in [-0.15, -0.1) is 0 Å². The molecule has 2 unspecified atom stereocenters. The highest BCUT2D eigenvalue weighted by molar-refractivity contribution is 7.98. The minimum Gasteiger partial charge on any atom is -0.344 e. The third kappa shape index (κ3) is 4.33. The van der Waals surface area contributed by atoms with Crippen molar-refractivity contribution in [1.29, 1.82) is 0 Å².